The van der Waals surface area contributed by atoms with E-state index in [1.807, 2.05) is 0 Å². The lowest BCUT2D eigenvalue weighted by Gasteiger charge is -2.16. The van der Waals surface area contributed by atoms with E-state index in [2.05, 4.69) is 0 Å². The predicted molar refractivity (Wildman–Crippen MR) is 124 cm³/mol. The topological polar surface area (TPSA) is 18.5 Å². The SMILES string of the molecule is FC(F)(F)c1ccc(OCCCOc2c(Cl)c(Cl)c(SCC=C(Cl)Cl)c(Cl)c2Cl)cc1. The molecule has 0 bridgehead atoms. The van der Waals surface area contributed by atoms with Gasteiger partial charge in [0.15, 0.2) is 5.75 Å². The average molecular weight is 575 g/mol. The van der Waals surface area contributed by atoms with Crippen molar-refractivity contribution in [1.29, 1.82) is 0 Å². The molecule has 31 heavy (non-hydrogen) atoms. The molecule has 0 radical (unpaired) electrons. The van der Waals surface area contributed by atoms with Crippen LogP contribution in [0, 0.1) is 0 Å². The summed E-state index contributed by atoms with van der Waals surface area (Å²) in [5.41, 5.74) is -0.746. The van der Waals surface area contributed by atoms with Crippen LogP contribution in [0.25, 0.3) is 0 Å². The second kappa shape index (κ2) is 12.2. The Bertz CT molecular complexity index is 903. The molecule has 0 aliphatic heterocycles. The van der Waals surface area contributed by atoms with Crippen molar-refractivity contribution in [2.45, 2.75) is 17.5 Å². The molecule has 2 aromatic carbocycles. The highest BCUT2D eigenvalue weighted by molar-refractivity contribution is 7.99. The van der Waals surface area contributed by atoms with Crippen LogP contribution in [-0.4, -0.2) is 19.0 Å². The normalized spacial score (nSPS) is 11.4. The quantitative estimate of drug-likeness (QED) is 0.169. The number of benzene rings is 2. The smallest absolute Gasteiger partial charge is 0.416 e. The van der Waals surface area contributed by atoms with Crippen LogP contribution in [0.3, 0.4) is 0 Å². The van der Waals surface area contributed by atoms with Crippen molar-refractivity contribution in [1.82, 2.24) is 0 Å². The molecule has 0 unspecified atom stereocenters. The van der Waals surface area contributed by atoms with Gasteiger partial charge in [0.1, 0.15) is 20.3 Å². The van der Waals surface area contributed by atoms with Crippen LogP contribution in [0.1, 0.15) is 12.0 Å². The minimum Gasteiger partial charge on any atom is -0.493 e. The molecule has 0 aromatic heterocycles. The van der Waals surface area contributed by atoms with Crippen molar-refractivity contribution < 1.29 is 22.6 Å². The van der Waals surface area contributed by atoms with E-state index in [0.29, 0.717) is 22.8 Å². The minimum atomic E-state index is -4.39. The van der Waals surface area contributed by atoms with Gasteiger partial charge in [-0.2, -0.15) is 13.2 Å². The first kappa shape index (κ1) is 26.9. The maximum absolute atomic E-state index is 12.6. The second-order valence-electron chi connectivity index (χ2n) is 5.79. The lowest BCUT2D eigenvalue weighted by atomic mass is 10.2. The summed E-state index contributed by atoms with van der Waals surface area (Å²) >= 11 is 37.5. The van der Waals surface area contributed by atoms with Crippen molar-refractivity contribution in [3.05, 3.63) is 60.5 Å². The van der Waals surface area contributed by atoms with E-state index in [-0.39, 0.29) is 43.5 Å². The van der Waals surface area contributed by atoms with Crippen molar-refractivity contribution >= 4 is 81.4 Å². The van der Waals surface area contributed by atoms with Crippen molar-refractivity contribution in [3.63, 3.8) is 0 Å². The zero-order valence-corrected chi connectivity index (χ0v) is 20.7. The van der Waals surface area contributed by atoms with Crippen molar-refractivity contribution in [2.75, 3.05) is 19.0 Å². The maximum Gasteiger partial charge on any atom is 0.416 e. The Morgan fingerprint density at radius 2 is 1.42 bits per heavy atom. The van der Waals surface area contributed by atoms with E-state index in [1.54, 1.807) is 6.08 Å². The largest absolute Gasteiger partial charge is 0.493 e. The predicted octanol–water partition coefficient (Wildman–Crippen LogP) is 9.58. The fraction of sp³-hybridized carbons (Fsp3) is 0.263. The molecule has 0 fully saturated rings. The zero-order chi connectivity index (χ0) is 23.2. The van der Waals surface area contributed by atoms with Crippen molar-refractivity contribution in [3.8, 4) is 11.5 Å². The fourth-order valence-electron chi connectivity index (χ4n) is 2.20. The Kier molecular flexibility index (Phi) is 10.6. The summed E-state index contributed by atoms with van der Waals surface area (Å²) in [4.78, 5) is 0.460. The molecule has 2 aromatic rings. The van der Waals surface area contributed by atoms with E-state index in [4.69, 9.17) is 79.1 Å². The monoisotopic (exact) mass is 572 g/mol. The standard InChI is InChI=1S/C19H13Cl6F3O2S/c20-12(21)6-9-31-18-15(24)13(22)17(14(23)16(18)25)30-8-1-7-29-11-4-2-10(3-5-11)19(26,27)28/h2-6H,1,7-9H2. The first-order valence-corrected chi connectivity index (χ1v) is 11.7. The van der Waals surface area contributed by atoms with Gasteiger partial charge >= 0.3 is 6.18 Å². The Labute approximate surface area is 211 Å². The van der Waals surface area contributed by atoms with E-state index >= 15 is 0 Å². The number of thioether (sulfide) groups is 1. The molecule has 2 nitrogen and oxygen atoms in total. The Hall–Kier alpha value is -0.340. The van der Waals surface area contributed by atoms with E-state index in [1.165, 1.54) is 23.9 Å². The van der Waals surface area contributed by atoms with E-state index in [0.717, 1.165) is 12.1 Å². The third kappa shape index (κ3) is 7.88. The lowest BCUT2D eigenvalue weighted by molar-refractivity contribution is -0.137. The molecular weight excluding hydrogens is 562 g/mol. The van der Waals surface area contributed by atoms with Gasteiger partial charge in [-0.15, -0.1) is 11.8 Å². The molecule has 0 N–H and O–H groups in total. The number of ether oxygens (including phenoxy) is 2. The summed E-state index contributed by atoms with van der Waals surface area (Å²) in [6.45, 7) is 0.353. The molecule has 0 aliphatic rings. The Morgan fingerprint density at radius 1 is 0.871 bits per heavy atom. The second-order valence-corrected chi connectivity index (χ2v) is 9.34. The van der Waals surface area contributed by atoms with Crippen LogP contribution < -0.4 is 9.47 Å². The van der Waals surface area contributed by atoms with Gasteiger partial charge in [0.05, 0.1) is 28.8 Å². The van der Waals surface area contributed by atoms with Gasteiger partial charge in [-0.25, -0.2) is 0 Å². The van der Waals surface area contributed by atoms with Gasteiger partial charge in [-0.3, -0.25) is 0 Å². The molecule has 0 saturated heterocycles. The fourth-order valence-corrected chi connectivity index (χ4v) is 4.79. The molecule has 0 aliphatic carbocycles. The summed E-state index contributed by atoms with van der Waals surface area (Å²) < 4.78 is 48.8. The summed E-state index contributed by atoms with van der Waals surface area (Å²) in [7, 11) is 0. The third-order valence-corrected chi connectivity index (χ3v) is 6.87. The van der Waals surface area contributed by atoms with Crippen LogP contribution in [0.5, 0.6) is 11.5 Å². The van der Waals surface area contributed by atoms with Crippen LogP contribution in [0.4, 0.5) is 13.2 Å². The molecule has 0 saturated carbocycles. The van der Waals surface area contributed by atoms with Crippen LogP contribution in [-0.2, 0) is 6.18 Å². The highest BCUT2D eigenvalue weighted by Gasteiger charge is 2.30. The highest BCUT2D eigenvalue weighted by atomic mass is 35.5. The highest BCUT2D eigenvalue weighted by Crippen LogP contribution is 2.49. The maximum atomic E-state index is 12.6. The number of halogens is 9. The van der Waals surface area contributed by atoms with Crippen LogP contribution in [0.2, 0.25) is 20.1 Å². The summed E-state index contributed by atoms with van der Waals surface area (Å²) in [6, 6.07) is 4.40. The van der Waals surface area contributed by atoms with Crippen molar-refractivity contribution in [2.24, 2.45) is 0 Å². The van der Waals surface area contributed by atoms with Gasteiger partial charge in [0.25, 0.3) is 0 Å². The number of rotatable bonds is 9. The van der Waals surface area contributed by atoms with Gasteiger partial charge in [0, 0.05) is 17.1 Å². The average Bonchev–Trinajstić information content (AvgIpc) is 2.70. The van der Waals surface area contributed by atoms with E-state index in [9.17, 15) is 13.2 Å². The summed E-state index contributed by atoms with van der Waals surface area (Å²) in [6.07, 6.45) is -2.43. The Balaban J connectivity index is 1.92. The summed E-state index contributed by atoms with van der Waals surface area (Å²) in [5, 5.41) is 0.554. The first-order valence-electron chi connectivity index (χ1n) is 8.45. The Morgan fingerprint density at radius 3 is 1.94 bits per heavy atom. The van der Waals surface area contributed by atoms with Crippen LogP contribution in [0.15, 0.2) is 39.7 Å². The van der Waals surface area contributed by atoms with Crippen LogP contribution >= 0.6 is 81.4 Å². The molecule has 170 valence electrons. The third-order valence-electron chi connectivity index (χ3n) is 3.63. The molecule has 0 atom stereocenters. The summed E-state index contributed by atoms with van der Waals surface area (Å²) in [5.74, 6) is 0.835. The van der Waals surface area contributed by atoms with Gasteiger partial charge in [-0.1, -0.05) is 69.6 Å². The molecular formula is C19H13Cl6F3O2S. The first-order chi connectivity index (χ1) is 14.5. The zero-order valence-electron chi connectivity index (χ0n) is 15.3. The number of hydrogen-bond acceptors (Lipinski definition) is 3. The molecule has 0 heterocycles. The number of hydrogen-bond donors (Lipinski definition) is 0. The molecule has 0 amide bonds. The van der Waals surface area contributed by atoms with Gasteiger partial charge in [0.2, 0.25) is 0 Å². The van der Waals surface area contributed by atoms with Gasteiger partial charge in [-0.05, 0) is 30.3 Å². The molecule has 12 heteroatoms. The minimum absolute atomic E-state index is 0.100. The lowest BCUT2D eigenvalue weighted by Crippen LogP contribution is -2.07. The molecule has 2 rings (SSSR count). The number of alkyl halides is 3. The van der Waals surface area contributed by atoms with Gasteiger partial charge < -0.3 is 9.47 Å². The van der Waals surface area contributed by atoms with E-state index < -0.39 is 11.7 Å². The molecule has 0 spiro atoms.